The molecule has 0 aliphatic rings. The van der Waals surface area contributed by atoms with Gasteiger partial charge in [0.25, 0.3) is 5.91 Å². The van der Waals surface area contributed by atoms with Crippen molar-refractivity contribution < 1.29 is 9.90 Å². The number of carbonyl (C=O) groups excluding carboxylic acids is 1. The highest BCUT2D eigenvalue weighted by atomic mass is 127. The van der Waals surface area contributed by atoms with E-state index in [2.05, 4.69) is 27.9 Å². The molecular weight excluding hydrogens is 281 g/mol. The van der Waals surface area contributed by atoms with Crippen LogP contribution in [0.2, 0.25) is 0 Å². The zero-order valence-electron chi connectivity index (χ0n) is 7.17. The van der Waals surface area contributed by atoms with Crippen LogP contribution >= 0.6 is 22.6 Å². The van der Waals surface area contributed by atoms with E-state index in [4.69, 9.17) is 5.11 Å². The van der Waals surface area contributed by atoms with Crippen LogP contribution in [-0.4, -0.2) is 18.1 Å². The van der Waals surface area contributed by atoms with Gasteiger partial charge in [-0.1, -0.05) is 6.07 Å². The summed E-state index contributed by atoms with van der Waals surface area (Å²) in [5, 5.41) is 11.5. The minimum Gasteiger partial charge on any atom is -0.392 e. The van der Waals surface area contributed by atoms with E-state index in [0.717, 1.165) is 3.57 Å². The summed E-state index contributed by atoms with van der Waals surface area (Å²) in [6, 6.07) is 5.37. The molecule has 0 saturated carbocycles. The second-order valence-electron chi connectivity index (χ2n) is 2.54. The third kappa shape index (κ3) is 2.41. The molecule has 0 heterocycles. The van der Waals surface area contributed by atoms with Crippen LogP contribution in [0.3, 0.4) is 0 Å². The number of amides is 1. The van der Waals surface area contributed by atoms with Gasteiger partial charge in [0, 0.05) is 16.2 Å². The molecule has 1 aromatic carbocycles. The summed E-state index contributed by atoms with van der Waals surface area (Å²) in [5.74, 6) is -0.164. The molecule has 0 bridgehead atoms. The van der Waals surface area contributed by atoms with Crippen LogP contribution < -0.4 is 5.32 Å². The van der Waals surface area contributed by atoms with E-state index in [9.17, 15) is 4.79 Å². The Bertz CT molecular complexity index is 325. The Morgan fingerprint density at radius 2 is 2.31 bits per heavy atom. The highest BCUT2D eigenvalue weighted by Gasteiger charge is 2.08. The maximum atomic E-state index is 11.3. The van der Waals surface area contributed by atoms with Crippen LogP contribution in [0, 0.1) is 3.57 Å². The number of aliphatic hydroxyl groups is 1. The van der Waals surface area contributed by atoms with Crippen LogP contribution in [0.15, 0.2) is 18.2 Å². The Morgan fingerprint density at radius 3 is 2.85 bits per heavy atom. The minimum atomic E-state index is -0.164. The van der Waals surface area contributed by atoms with Crippen molar-refractivity contribution >= 4 is 28.5 Å². The van der Waals surface area contributed by atoms with Gasteiger partial charge >= 0.3 is 0 Å². The average molecular weight is 291 g/mol. The normalized spacial score (nSPS) is 9.77. The zero-order valence-corrected chi connectivity index (χ0v) is 9.33. The van der Waals surface area contributed by atoms with Gasteiger partial charge in [0.2, 0.25) is 0 Å². The summed E-state index contributed by atoms with van der Waals surface area (Å²) in [6.45, 7) is -0.111. The van der Waals surface area contributed by atoms with E-state index >= 15 is 0 Å². The average Bonchev–Trinajstić information content (AvgIpc) is 2.16. The van der Waals surface area contributed by atoms with E-state index in [1.807, 2.05) is 6.07 Å². The lowest BCUT2D eigenvalue weighted by atomic mass is 10.1. The van der Waals surface area contributed by atoms with Gasteiger partial charge < -0.3 is 10.4 Å². The van der Waals surface area contributed by atoms with E-state index in [0.29, 0.717) is 11.1 Å². The molecule has 0 aliphatic heterocycles. The molecule has 1 rings (SSSR count). The zero-order chi connectivity index (χ0) is 9.84. The number of benzene rings is 1. The Kier molecular flexibility index (Phi) is 3.68. The first-order valence-corrected chi connectivity index (χ1v) is 4.88. The van der Waals surface area contributed by atoms with E-state index in [1.165, 1.54) is 0 Å². The van der Waals surface area contributed by atoms with Crippen LogP contribution in [-0.2, 0) is 6.61 Å². The Balaban J connectivity index is 3.15. The predicted molar refractivity (Wildman–Crippen MR) is 58.5 cm³/mol. The second-order valence-corrected chi connectivity index (χ2v) is 3.78. The first-order valence-electron chi connectivity index (χ1n) is 3.80. The standard InChI is InChI=1S/C9H10INO2/c1-11-9(13)8-4-7(10)3-2-6(8)5-12/h2-4,12H,5H2,1H3,(H,11,13). The number of nitrogens with one attached hydrogen (secondary N) is 1. The van der Waals surface area contributed by atoms with Crippen molar-refractivity contribution in [2.45, 2.75) is 6.61 Å². The molecule has 1 amide bonds. The first kappa shape index (κ1) is 10.5. The molecule has 1 aromatic rings. The largest absolute Gasteiger partial charge is 0.392 e. The lowest BCUT2D eigenvalue weighted by molar-refractivity contribution is 0.0960. The summed E-state index contributed by atoms with van der Waals surface area (Å²) in [5.41, 5.74) is 1.19. The van der Waals surface area contributed by atoms with Crippen LogP contribution in [0.1, 0.15) is 15.9 Å². The molecule has 0 atom stereocenters. The SMILES string of the molecule is CNC(=O)c1cc(I)ccc1CO. The fourth-order valence-corrected chi connectivity index (χ4v) is 1.52. The van der Waals surface area contributed by atoms with Gasteiger partial charge in [0.1, 0.15) is 0 Å². The molecule has 0 saturated heterocycles. The third-order valence-electron chi connectivity index (χ3n) is 1.71. The number of hydrogen-bond donors (Lipinski definition) is 2. The smallest absolute Gasteiger partial charge is 0.251 e. The van der Waals surface area contributed by atoms with Crippen molar-refractivity contribution in [3.8, 4) is 0 Å². The summed E-state index contributed by atoms with van der Waals surface area (Å²) < 4.78 is 0.980. The molecule has 0 spiro atoms. The molecule has 3 nitrogen and oxygen atoms in total. The van der Waals surface area contributed by atoms with E-state index in [1.54, 1.807) is 19.2 Å². The molecule has 0 aliphatic carbocycles. The summed E-state index contributed by atoms with van der Waals surface area (Å²) in [6.07, 6.45) is 0. The number of aliphatic hydroxyl groups excluding tert-OH is 1. The lowest BCUT2D eigenvalue weighted by Gasteiger charge is -2.05. The quantitative estimate of drug-likeness (QED) is 0.803. The van der Waals surface area contributed by atoms with Crippen molar-refractivity contribution in [3.63, 3.8) is 0 Å². The Morgan fingerprint density at radius 1 is 1.62 bits per heavy atom. The first-order chi connectivity index (χ1) is 6.19. The van der Waals surface area contributed by atoms with Crippen LogP contribution in [0.5, 0.6) is 0 Å². The van der Waals surface area contributed by atoms with Gasteiger partial charge in [0.15, 0.2) is 0 Å². The van der Waals surface area contributed by atoms with Crippen molar-refractivity contribution in [3.05, 3.63) is 32.9 Å². The summed E-state index contributed by atoms with van der Waals surface area (Å²) in [4.78, 5) is 11.3. The van der Waals surface area contributed by atoms with Gasteiger partial charge in [-0.15, -0.1) is 0 Å². The van der Waals surface area contributed by atoms with Crippen LogP contribution in [0.4, 0.5) is 0 Å². The molecule has 4 heteroatoms. The number of rotatable bonds is 2. The van der Waals surface area contributed by atoms with E-state index < -0.39 is 0 Å². The van der Waals surface area contributed by atoms with Crippen molar-refractivity contribution in [2.24, 2.45) is 0 Å². The minimum absolute atomic E-state index is 0.111. The summed E-state index contributed by atoms with van der Waals surface area (Å²) in [7, 11) is 1.57. The van der Waals surface area contributed by atoms with Crippen LogP contribution in [0.25, 0.3) is 0 Å². The molecule has 2 N–H and O–H groups in total. The molecule has 0 fully saturated rings. The Hall–Kier alpha value is -0.620. The maximum Gasteiger partial charge on any atom is 0.251 e. The monoisotopic (exact) mass is 291 g/mol. The highest BCUT2D eigenvalue weighted by Crippen LogP contribution is 2.13. The molecule has 0 aromatic heterocycles. The molecule has 0 radical (unpaired) electrons. The van der Waals surface area contributed by atoms with E-state index in [-0.39, 0.29) is 12.5 Å². The Labute approximate surface area is 90.3 Å². The highest BCUT2D eigenvalue weighted by molar-refractivity contribution is 14.1. The maximum absolute atomic E-state index is 11.3. The number of hydrogen-bond acceptors (Lipinski definition) is 2. The van der Waals surface area contributed by atoms with Gasteiger partial charge in [-0.2, -0.15) is 0 Å². The summed E-state index contributed by atoms with van der Waals surface area (Å²) >= 11 is 2.13. The molecule has 13 heavy (non-hydrogen) atoms. The molecule has 70 valence electrons. The van der Waals surface area contributed by atoms with Gasteiger partial charge in [-0.05, 0) is 40.3 Å². The number of carbonyl (C=O) groups is 1. The van der Waals surface area contributed by atoms with Gasteiger partial charge in [-0.3, -0.25) is 4.79 Å². The third-order valence-corrected chi connectivity index (χ3v) is 2.38. The fourth-order valence-electron chi connectivity index (χ4n) is 1.03. The molecular formula is C9H10INO2. The van der Waals surface area contributed by atoms with Crippen molar-refractivity contribution in [1.82, 2.24) is 5.32 Å². The van der Waals surface area contributed by atoms with Crippen molar-refractivity contribution in [1.29, 1.82) is 0 Å². The van der Waals surface area contributed by atoms with Crippen molar-refractivity contribution in [2.75, 3.05) is 7.05 Å². The number of halogens is 1. The predicted octanol–water partition coefficient (Wildman–Crippen LogP) is 1.14. The lowest BCUT2D eigenvalue weighted by Crippen LogP contribution is -2.19. The second kappa shape index (κ2) is 4.57. The van der Waals surface area contributed by atoms with Gasteiger partial charge in [-0.25, -0.2) is 0 Å². The molecule has 0 unspecified atom stereocenters. The van der Waals surface area contributed by atoms with Gasteiger partial charge in [0.05, 0.1) is 6.61 Å². The topological polar surface area (TPSA) is 49.3 Å². The fraction of sp³-hybridized carbons (Fsp3) is 0.222.